The predicted molar refractivity (Wildman–Crippen MR) is 122 cm³/mol. The van der Waals surface area contributed by atoms with Crippen LogP contribution in [0.25, 0.3) is 6.08 Å². The van der Waals surface area contributed by atoms with Crippen LogP contribution in [0.4, 0.5) is 5.69 Å². The van der Waals surface area contributed by atoms with E-state index < -0.39 is 23.4 Å². The second-order valence-corrected chi connectivity index (χ2v) is 8.35. The van der Waals surface area contributed by atoms with E-state index in [-0.39, 0.29) is 5.78 Å². The van der Waals surface area contributed by atoms with Crippen LogP contribution in [0.5, 0.6) is 0 Å². The van der Waals surface area contributed by atoms with Gasteiger partial charge in [-0.2, -0.15) is 10.5 Å². The third-order valence-electron chi connectivity index (χ3n) is 6.33. The Morgan fingerprint density at radius 3 is 2.41 bits per heavy atom. The van der Waals surface area contributed by atoms with Crippen molar-refractivity contribution in [1.29, 1.82) is 10.5 Å². The number of ketones is 1. The Morgan fingerprint density at radius 1 is 1.00 bits per heavy atom. The molecule has 0 unspecified atom stereocenters. The molecule has 2 aliphatic rings. The molecule has 2 aliphatic heterocycles. The predicted octanol–water partition coefficient (Wildman–Crippen LogP) is 5.02. The fourth-order valence-corrected chi connectivity index (χ4v) is 5.06. The van der Waals surface area contributed by atoms with Gasteiger partial charge >= 0.3 is 0 Å². The molecule has 1 aromatic heterocycles. The van der Waals surface area contributed by atoms with E-state index in [4.69, 9.17) is 11.6 Å². The van der Waals surface area contributed by atoms with Crippen LogP contribution in [0, 0.1) is 28.1 Å². The van der Waals surface area contributed by atoms with Crippen molar-refractivity contribution in [3.63, 3.8) is 0 Å². The second-order valence-electron chi connectivity index (χ2n) is 7.92. The highest BCUT2D eigenvalue weighted by atomic mass is 35.5. The van der Waals surface area contributed by atoms with E-state index in [0.29, 0.717) is 16.3 Å². The average Bonchev–Trinajstić information content (AvgIpc) is 3.15. The first-order valence-corrected chi connectivity index (χ1v) is 10.6. The van der Waals surface area contributed by atoms with E-state index in [1.807, 2.05) is 41.3 Å². The smallest absolute Gasteiger partial charge is 0.204 e. The Hall–Kier alpha value is -3.93. The molecule has 3 heterocycles. The molecule has 5 nitrogen and oxygen atoms in total. The zero-order chi connectivity index (χ0) is 22.3. The molecule has 0 N–H and O–H groups in total. The first-order chi connectivity index (χ1) is 15.6. The number of hydrogen-bond acceptors (Lipinski definition) is 5. The Bertz CT molecular complexity index is 1290. The number of Topliss-reactive ketones (excluding diaryl/α,β-unsaturated/α-hetero) is 1. The summed E-state index contributed by atoms with van der Waals surface area (Å²) in [6.07, 6.45) is 5.36. The van der Waals surface area contributed by atoms with Crippen LogP contribution in [0.1, 0.15) is 27.5 Å². The Labute approximate surface area is 190 Å². The largest absolute Gasteiger partial charge is 0.351 e. The number of nitriles is 2. The van der Waals surface area contributed by atoms with Gasteiger partial charge in [-0.25, -0.2) is 0 Å². The van der Waals surface area contributed by atoms with E-state index in [1.54, 1.807) is 48.7 Å². The summed E-state index contributed by atoms with van der Waals surface area (Å²) in [7, 11) is 0. The lowest BCUT2D eigenvalue weighted by Gasteiger charge is -2.35. The van der Waals surface area contributed by atoms with Gasteiger partial charge in [0.15, 0.2) is 5.41 Å². The number of halogens is 1. The summed E-state index contributed by atoms with van der Waals surface area (Å²) >= 11 is 6.11. The van der Waals surface area contributed by atoms with E-state index in [0.717, 1.165) is 11.3 Å². The third-order valence-corrected chi connectivity index (χ3v) is 6.58. The van der Waals surface area contributed by atoms with Gasteiger partial charge in [-0.1, -0.05) is 60.2 Å². The zero-order valence-corrected chi connectivity index (χ0v) is 17.6. The van der Waals surface area contributed by atoms with Crippen LogP contribution in [0.2, 0.25) is 5.02 Å². The quantitative estimate of drug-likeness (QED) is 0.538. The van der Waals surface area contributed by atoms with Gasteiger partial charge in [0.2, 0.25) is 5.78 Å². The number of rotatable bonds is 3. The third kappa shape index (κ3) is 2.83. The summed E-state index contributed by atoms with van der Waals surface area (Å²) in [4.78, 5) is 20.1. The van der Waals surface area contributed by atoms with Crippen LogP contribution in [-0.4, -0.2) is 22.9 Å². The maximum absolute atomic E-state index is 13.9. The maximum atomic E-state index is 13.9. The van der Waals surface area contributed by atoms with E-state index in [1.165, 1.54) is 0 Å². The molecule has 2 aromatic carbocycles. The number of carbonyl (C=O) groups excluding carboxylic acids is 1. The number of fused-ring (bicyclic) bond motifs is 3. The summed E-state index contributed by atoms with van der Waals surface area (Å²) in [5.41, 5.74) is 1.29. The van der Waals surface area contributed by atoms with E-state index >= 15 is 0 Å². The molecule has 3 atom stereocenters. The minimum Gasteiger partial charge on any atom is -0.351 e. The topological polar surface area (TPSA) is 80.8 Å². The second kappa shape index (κ2) is 7.64. The van der Waals surface area contributed by atoms with Gasteiger partial charge in [0.25, 0.3) is 0 Å². The van der Waals surface area contributed by atoms with Gasteiger partial charge in [0.05, 0.1) is 18.2 Å². The fourth-order valence-electron chi connectivity index (χ4n) is 4.94. The fraction of sp³-hybridized carbons (Fsp3) is 0.154. The highest BCUT2D eigenvalue weighted by Crippen LogP contribution is 2.55. The van der Waals surface area contributed by atoms with Crippen molar-refractivity contribution in [2.75, 3.05) is 4.90 Å². The maximum Gasteiger partial charge on any atom is 0.204 e. The highest BCUT2D eigenvalue weighted by molar-refractivity contribution is 6.30. The van der Waals surface area contributed by atoms with Crippen LogP contribution >= 0.6 is 11.6 Å². The molecule has 0 aliphatic carbocycles. The SMILES string of the molecule is N#CC1(C#N)[C@H](c2ccc(Cl)cc2)[C@@H](C(=O)c2ccccn2)N2c3ccccc3C=C[C@@H]21. The summed E-state index contributed by atoms with van der Waals surface area (Å²) in [5, 5.41) is 21.3. The average molecular weight is 437 g/mol. The van der Waals surface area contributed by atoms with Crippen LogP contribution in [0.3, 0.4) is 0 Å². The van der Waals surface area contributed by atoms with Crippen LogP contribution in [0.15, 0.2) is 79.0 Å². The molecule has 5 rings (SSSR count). The number of aromatic nitrogens is 1. The lowest BCUT2D eigenvalue weighted by atomic mass is 9.69. The molecule has 1 saturated heterocycles. The van der Waals surface area contributed by atoms with Crippen molar-refractivity contribution in [3.05, 3.63) is 101 Å². The Kier molecular flexibility index (Phi) is 4.78. The standard InChI is InChI=1S/C26H17ClN4O/c27-19-11-8-18(9-12-19)23-24(25(32)20-6-3-4-14-30-20)31-21-7-2-1-5-17(21)10-13-22(31)26(23,15-28)16-29/h1-14,22-24H/t22-,23-,24+/m1/s1. The van der Waals surface area contributed by atoms with Gasteiger partial charge < -0.3 is 4.90 Å². The molecule has 32 heavy (non-hydrogen) atoms. The van der Waals surface area contributed by atoms with Crippen molar-refractivity contribution in [1.82, 2.24) is 4.98 Å². The van der Waals surface area contributed by atoms with Gasteiger partial charge in [0, 0.05) is 22.8 Å². The summed E-state index contributed by atoms with van der Waals surface area (Å²) in [6, 6.07) is 23.1. The molecule has 0 amide bonds. The van der Waals surface area contributed by atoms with E-state index in [9.17, 15) is 15.3 Å². The van der Waals surface area contributed by atoms with Crippen molar-refractivity contribution in [2.45, 2.75) is 18.0 Å². The first kappa shape index (κ1) is 20.0. The molecular formula is C26H17ClN4O. The van der Waals surface area contributed by atoms with Crippen molar-refractivity contribution >= 4 is 29.1 Å². The van der Waals surface area contributed by atoms with Gasteiger partial charge in [-0.05, 0) is 41.5 Å². The first-order valence-electron chi connectivity index (χ1n) is 10.2. The molecule has 0 saturated carbocycles. The Balaban J connectivity index is 1.79. The minimum absolute atomic E-state index is 0.229. The lowest BCUT2D eigenvalue weighted by Crippen LogP contribution is -2.44. The number of carbonyl (C=O) groups is 1. The Morgan fingerprint density at radius 2 is 1.72 bits per heavy atom. The molecule has 3 aromatic rings. The number of para-hydroxylation sites is 1. The summed E-state index contributed by atoms with van der Waals surface area (Å²) < 4.78 is 0. The van der Waals surface area contributed by atoms with Crippen LogP contribution in [-0.2, 0) is 0 Å². The monoisotopic (exact) mass is 436 g/mol. The van der Waals surface area contributed by atoms with Gasteiger partial charge in [-0.15, -0.1) is 0 Å². The number of nitrogens with zero attached hydrogens (tertiary/aromatic N) is 4. The molecule has 0 spiro atoms. The minimum atomic E-state index is -1.48. The van der Waals surface area contributed by atoms with Gasteiger partial charge in [-0.3, -0.25) is 9.78 Å². The molecule has 0 bridgehead atoms. The molecule has 1 fully saturated rings. The van der Waals surface area contributed by atoms with Crippen LogP contribution < -0.4 is 4.90 Å². The number of hydrogen-bond donors (Lipinski definition) is 0. The molecule has 6 heteroatoms. The van der Waals surface area contributed by atoms with E-state index in [2.05, 4.69) is 17.1 Å². The summed E-state index contributed by atoms with van der Waals surface area (Å²) in [6.45, 7) is 0. The molecular weight excluding hydrogens is 420 g/mol. The van der Waals surface area contributed by atoms with Crippen molar-refractivity contribution < 1.29 is 4.79 Å². The van der Waals surface area contributed by atoms with Crippen molar-refractivity contribution in [3.8, 4) is 12.1 Å². The number of benzene rings is 2. The van der Waals surface area contributed by atoms with Gasteiger partial charge in [0.1, 0.15) is 11.7 Å². The zero-order valence-electron chi connectivity index (χ0n) is 16.9. The number of anilines is 1. The van der Waals surface area contributed by atoms with Crippen molar-refractivity contribution in [2.24, 2.45) is 5.41 Å². The summed E-state index contributed by atoms with van der Waals surface area (Å²) in [5.74, 6) is -0.932. The molecule has 0 radical (unpaired) electrons. The molecule has 154 valence electrons. The lowest BCUT2D eigenvalue weighted by molar-refractivity contribution is 0.0946. The normalized spacial score (nSPS) is 22.3. The highest BCUT2D eigenvalue weighted by Gasteiger charge is 2.63. The number of pyridine rings is 1.